The Bertz CT molecular complexity index is 5740. The summed E-state index contributed by atoms with van der Waals surface area (Å²) < 4.78 is 0. The van der Waals surface area contributed by atoms with Gasteiger partial charge in [-0.05, 0) is 221 Å². The van der Waals surface area contributed by atoms with Crippen LogP contribution < -0.4 is 9.80 Å². The number of fused-ring (bicyclic) bond motifs is 16. The SMILES string of the molecule is Cc1ccc2c(c1)C(c1ccccc1)(c1ccccc1)c1cc(N(c3ccc(-c4ccc(N(c5ccc6c(c5)C5(c7ccccc7-c7ccccc75)c5ccccc5-6)c5ccccc5-c5ccccc5)cc4)c(C)c3)c3ccc4c(c3)C(c3ccccc3)(c3ccccc3)c3cc(C)ccc3-4)ccc1-2. The molecule has 0 unspecified atom stereocenters. The first-order chi connectivity index (χ1) is 51.3. The molecule has 0 atom stereocenters. The van der Waals surface area contributed by atoms with Gasteiger partial charge in [0.15, 0.2) is 0 Å². The molecule has 0 radical (unpaired) electrons. The first-order valence-electron chi connectivity index (χ1n) is 36.5. The molecule has 1 spiro atoms. The Hall–Kier alpha value is -12.9. The summed E-state index contributed by atoms with van der Waals surface area (Å²) in [7, 11) is 0. The molecule has 104 heavy (non-hydrogen) atoms. The lowest BCUT2D eigenvalue weighted by Gasteiger charge is -2.36. The van der Waals surface area contributed by atoms with E-state index < -0.39 is 16.2 Å². The summed E-state index contributed by atoms with van der Waals surface area (Å²) in [5.74, 6) is 0. The monoisotopic (exact) mass is 1320 g/mol. The molecule has 0 N–H and O–H groups in total. The summed E-state index contributed by atoms with van der Waals surface area (Å²) in [5.41, 5.74) is 38.6. The standard InChI is InChI=1S/C102H72N2/c1-67-45-55-86-89-58-52-78(64-96(89)100(94(86)61-67,72-29-11-5-12-30-72)73-31-13-6-14-32-73)103(79-53-59-90-87-56-46-68(2)62-95(87)101(97(90)65-79,74-33-15-7-16-34-74)75-35-17-8-18-36-75)77-51-57-81(69(3)63-77)71-47-49-76(50-48-71)104(99-44-26-22-37-82(99)70-27-9-4-10-28-70)80-54-60-88-85-40-21-25-43-93(85)102(98(88)66-80)91-41-23-19-38-83(91)84-39-20-24-42-92(84)102/h4-66H,1-3H3. The molecule has 0 bridgehead atoms. The van der Waals surface area contributed by atoms with Gasteiger partial charge < -0.3 is 9.80 Å². The molecule has 0 amide bonds. The molecule has 16 aromatic rings. The van der Waals surface area contributed by atoms with Gasteiger partial charge in [-0.15, -0.1) is 0 Å². The van der Waals surface area contributed by atoms with Crippen molar-refractivity contribution in [2.75, 3.05) is 9.80 Å². The average Bonchev–Trinajstić information content (AvgIpc) is 1.51. The summed E-state index contributed by atoms with van der Waals surface area (Å²) in [6.07, 6.45) is 0. The summed E-state index contributed by atoms with van der Waals surface area (Å²) >= 11 is 0. The Morgan fingerprint density at radius 1 is 0.183 bits per heavy atom. The van der Waals surface area contributed by atoms with Crippen LogP contribution in [0.15, 0.2) is 382 Å². The smallest absolute Gasteiger partial charge is 0.0726 e. The van der Waals surface area contributed by atoms with Gasteiger partial charge in [0.2, 0.25) is 0 Å². The Morgan fingerprint density at radius 2 is 0.471 bits per heavy atom. The fraction of sp³-hybridized carbons (Fsp3) is 0.0588. The van der Waals surface area contributed by atoms with Crippen LogP contribution in [0, 0.1) is 20.8 Å². The molecule has 20 rings (SSSR count). The molecule has 2 heteroatoms. The van der Waals surface area contributed by atoms with E-state index in [0.717, 1.165) is 50.8 Å². The number of aryl methyl sites for hydroxylation is 3. The van der Waals surface area contributed by atoms with Crippen molar-refractivity contribution in [2.45, 2.75) is 37.0 Å². The van der Waals surface area contributed by atoms with Crippen molar-refractivity contribution in [3.63, 3.8) is 0 Å². The van der Waals surface area contributed by atoms with Crippen LogP contribution in [0.4, 0.5) is 34.1 Å². The van der Waals surface area contributed by atoms with E-state index in [-0.39, 0.29) is 0 Å². The molecular weight excluding hydrogens is 1250 g/mol. The highest BCUT2D eigenvalue weighted by molar-refractivity contribution is 5.99. The Kier molecular flexibility index (Phi) is 14.0. The van der Waals surface area contributed by atoms with Gasteiger partial charge in [-0.2, -0.15) is 0 Å². The fourth-order valence-corrected chi connectivity index (χ4v) is 19.0. The van der Waals surface area contributed by atoms with Crippen LogP contribution in [0.5, 0.6) is 0 Å². The van der Waals surface area contributed by atoms with Gasteiger partial charge in [-0.3, -0.25) is 0 Å². The summed E-state index contributed by atoms with van der Waals surface area (Å²) in [5, 5.41) is 0. The van der Waals surface area contributed by atoms with Crippen LogP contribution in [0.1, 0.15) is 83.5 Å². The maximum Gasteiger partial charge on any atom is 0.0726 e. The first-order valence-corrected chi connectivity index (χ1v) is 36.5. The summed E-state index contributed by atoms with van der Waals surface area (Å²) in [4.78, 5) is 5.03. The number of para-hydroxylation sites is 1. The average molecular weight is 1330 g/mol. The van der Waals surface area contributed by atoms with Gasteiger partial charge in [0.25, 0.3) is 0 Å². The minimum atomic E-state index is -0.609. The molecule has 0 heterocycles. The largest absolute Gasteiger partial charge is 0.310 e. The summed E-state index contributed by atoms with van der Waals surface area (Å²) in [6, 6.07) is 144. The lowest BCUT2D eigenvalue weighted by atomic mass is 9.67. The molecule has 0 aliphatic heterocycles. The van der Waals surface area contributed by atoms with Gasteiger partial charge in [0.05, 0.1) is 21.9 Å². The van der Waals surface area contributed by atoms with Crippen LogP contribution in [0.3, 0.4) is 0 Å². The number of anilines is 6. The van der Waals surface area contributed by atoms with Gasteiger partial charge in [0, 0.05) is 34.0 Å². The highest BCUT2D eigenvalue weighted by Crippen LogP contribution is 2.65. The van der Waals surface area contributed by atoms with Gasteiger partial charge >= 0.3 is 0 Å². The molecule has 0 saturated heterocycles. The molecule has 2 nitrogen and oxygen atoms in total. The molecule has 16 aromatic carbocycles. The van der Waals surface area contributed by atoms with Crippen LogP contribution in [0.25, 0.3) is 66.8 Å². The van der Waals surface area contributed by atoms with E-state index in [2.05, 4.69) is 413 Å². The topological polar surface area (TPSA) is 6.48 Å². The van der Waals surface area contributed by atoms with Gasteiger partial charge in [0.1, 0.15) is 0 Å². The molecule has 4 aliphatic carbocycles. The predicted molar refractivity (Wildman–Crippen MR) is 432 cm³/mol. The number of hydrogen-bond donors (Lipinski definition) is 0. The van der Waals surface area contributed by atoms with Crippen molar-refractivity contribution >= 4 is 34.1 Å². The highest BCUT2D eigenvalue weighted by Gasteiger charge is 2.53. The van der Waals surface area contributed by atoms with Crippen molar-refractivity contribution in [3.8, 4) is 66.8 Å². The second-order valence-corrected chi connectivity index (χ2v) is 28.7. The first kappa shape index (κ1) is 61.0. The van der Waals surface area contributed by atoms with Crippen molar-refractivity contribution in [1.29, 1.82) is 0 Å². The van der Waals surface area contributed by atoms with Crippen LogP contribution in [0.2, 0.25) is 0 Å². The normalized spacial score (nSPS) is 13.8. The molecule has 0 saturated carbocycles. The lowest BCUT2D eigenvalue weighted by Crippen LogP contribution is -2.29. The maximum absolute atomic E-state index is 2.54. The van der Waals surface area contributed by atoms with Crippen LogP contribution in [-0.2, 0) is 16.2 Å². The van der Waals surface area contributed by atoms with E-state index in [1.165, 1.54) is 134 Å². The van der Waals surface area contributed by atoms with Gasteiger partial charge in [-0.25, -0.2) is 0 Å². The minimum Gasteiger partial charge on any atom is -0.310 e. The number of rotatable bonds is 12. The van der Waals surface area contributed by atoms with Crippen LogP contribution in [-0.4, -0.2) is 0 Å². The molecule has 0 fully saturated rings. The second-order valence-electron chi connectivity index (χ2n) is 28.7. The van der Waals surface area contributed by atoms with E-state index in [1.54, 1.807) is 0 Å². The van der Waals surface area contributed by atoms with Gasteiger partial charge in [-0.1, -0.05) is 327 Å². The summed E-state index contributed by atoms with van der Waals surface area (Å²) in [6.45, 7) is 6.75. The van der Waals surface area contributed by atoms with Crippen molar-refractivity contribution in [3.05, 3.63) is 466 Å². The van der Waals surface area contributed by atoms with E-state index in [0.29, 0.717) is 0 Å². The zero-order valence-corrected chi connectivity index (χ0v) is 58.3. The van der Waals surface area contributed by atoms with E-state index >= 15 is 0 Å². The Balaban J connectivity index is 0.762. The third-order valence-corrected chi connectivity index (χ3v) is 23.3. The van der Waals surface area contributed by atoms with Crippen molar-refractivity contribution < 1.29 is 0 Å². The Morgan fingerprint density at radius 3 is 0.885 bits per heavy atom. The quantitative estimate of drug-likeness (QED) is 0.120. The second kappa shape index (κ2) is 23.9. The molecule has 490 valence electrons. The van der Waals surface area contributed by atoms with Crippen molar-refractivity contribution in [1.82, 2.24) is 0 Å². The maximum atomic E-state index is 2.54. The van der Waals surface area contributed by atoms with E-state index in [9.17, 15) is 0 Å². The number of nitrogens with zero attached hydrogens (tertiary/aromatic N) is 2. The molecular formula is C102H72N2. The third kappa shape index (κ3) is 8.88. The Labute approximate surface area is 609 Å². The minimum absolute atomic E-state index is 0.496. The number of benzene rings is 16. The number of hydrogen-bond acceptors (Lipinski definition) is 2. The van der Waals surface area contributed by atoms with E-state index in [1.807, 2.05) is 0 Å². The highest BCUT2D eigenvalue weighted by atomic mass is 15.2. The van der Waals surface area contributed by atoms with E-state index in [4.69, 9.17) is 0 Å². The molecule has 0 aromatic heterocycles. The lowest BCUT2D eigenvalue weighted by molar-refractivity contribution is 0.766. The molecule has 4 aliphatic rings. The van der Waals surface area contributed by atoms with Crippen LogP contribution >= 0.6 is 0 Å². The zero-order valence-electron chi connectivity index (χ0n) is 58.3. The zero-order chi connectivity index (χ0) is 69.3. The van der Waals surface area contributed by atoms with Crippen molar-refractivity contribution in [2.24, 2.45) is 0 Å². The third-order valence-electron chi connectivity index (χ3n) is 23.3. The fourth-order valence-electron chi connectivity index (χ4n) is 19.0. The predicted octanol–water partition coefficient (Wildman–Crippen LogP) is 26.0.